The number of pyridine rings is 1. The molecule has 0 aliphatic heterocycles. The highest BCUT2D eigenvalue weighted by Gasteiger charge is 2.30. The second-order valence-electron chi connectivity index (χ2n) is 6.80. The lowest BCUT2D eigenvalue weighted by atomic mass is 9.85. The predicted molar refractivity (Wildman–Crippen MR) is 112 cm³/mol. The summed E-state index contributed by atoms with van der Waals surface area (Å²) >= 11 is 0. The minimum absolute atomic E-state index is 0.0793. The molecule has 3 aromatic rings. The summed E-state index contributed by atoms with van der Waals surface area (Å²) in [5.41, 5.74) is 2.35. The van der Waals surface area contributed by atoms with Gasteiger partial charge in [-0.25, -0.2) is 9.59 Å². The van der Waals surface area contributed by atoms with Gasteiger partial charge in [-0.3, -0.25) is 4.98 Å². The Balaban J connectivity index is 2.21. The molecule has 0 radical (unpaired) electrons. The quantitative estimate of drug-likeness (QED) is 0.623. The van der Waals surface area contributed by atoms with E-state index in [0.717, 1.165) is 11.1 Å². The summed E-state index contributed by atoms with van der Waals surface area (Å²) < 4.78 is 9.70. The molecule has 0 bridgehead atoms. The van der Waals surface area contributed by atoms with Crippen LogP contribution in [-0.4, -0.2) is 36.2 Å². The van der Waals surface area contributed by atoms with Crippen LogP contribution < -0.4 is 0 Å². The minimum atomic E-state index is -0.823. The number of methoxy groups -OCH3 is 2. The smallest absolute Gasteiger partial charge is 0.342 e. The van der Waals surface area contributed by atoms with E-state index in [4.69, 9.17) is 9.47 Å². The fraction of sp³-hybridized carbons (Fsp3) is 0.208. The normalized spacial score (nSPS) is 10.7. The highest BCUT2D eigenvalue weighted by molar-refractivity contribution is 6.06. The second kappa shape index (κ2) is 9.22. The second-order valence-corrected chi connectivity index (χ2v) is 6.80. The molecule has 0 aliphatic rings. The Morgan fingerprint density at radius 3 is 1.80 bits per heavy atom. The molecule has 0 saturated carbocycles. The lowest BCUT2D eigenvalue weighted by Gasteiger charge is -2.21. The zero-order valence-corrected chi connectivity index (χ0v) is 17.1. The number of rotatable bonds is 6. The monoisotopic (exact) mass is 405 g/mol. The summed E-state index contributed by atoms with van der Waals surface area (Å²) in [6.45, 7) is 1.58. The van der Waals surface area contributed by atoms with Gasteiger partial charge in [-0.1, -0.05) is 60.7 Å². The van der Waals surface area contributed by atoms with Gasteiger partial charge in [0, 0.05) is 12.3 Å². The Labute approximate surface area is 175 Å². The van der Waals surface area contributed by atoms with E-state index in [9.17, 15) is 14.7 Å². The van der Waals surface area contributed by atoms with E-state index in [1.54, 1.807) is 6.92 Å². The molecule has 6 nitrogen and oxygen atoms in total. The van der Waals surface area contributed by atoms with Crippen LogP contribution in [0, 0.1) is 6.92 Å². The van der Waals surface area contributed by atoms with Crippen LogP contribution in [0.1, 0.15) is 49.1 Å². The number of aromatic nitrogens is 1. The van der Waals surface area contributed by atoms with Crippen molar-refractivity contribution >= 4 is 11.9 Å². The Hall–Kier alpha value is -3.67. The minimum Gasteiger partial charge on any atom is -0.505 e. The Kier molecular flexibility index (Phi) is 6.47. The topological polar surface area (TPSA) is 85.7 Å². The van der Waals surface area contributed by atoms with Gasteiger partial charge in [-0.2, -0.15) is 0 Å². The number of benzene rings is 2. The fourth-order valence-electron chi connectivity index (χ4n) is 3.52. The Morgan fingerprint density at radius 1 is 0.867 bits per heavy atom. The van der Waals surface area contributed by atoms with Crippen LogP contribution in [0.5, 0.6) is 5.75 Å². The van der Waals surface area contributed by atoms with Crippen LogP contribution in [-0.2, 0) is 15.9 Å². The number of carbonyl (C=O) groups is 2. The van der Waals surface area contributed by atoms with Crippen molar-refractivity contribution in [3.05, 3.63) is 94.3 Å². The van der Waals surface area contributed by atoms with E-state index >= 15 is 0 Å². The Morgan fingerprint density at radius 2 is 1.33 bits per heavy atom. The van der Waals surface area contributed by atoms with Crippen molar-refractivity contribution in [1.82, 2.24) is 4.98 Å². The summed E-state index contributed by atoms with van der Waals surface area (Å²) in [5.74, 6) is -2.09. The fourth-order valence-corrected chi connectivity index (χ4v) is 3.52. The molecule has 1 aromatic heterocycles. The number of ether oxygens (including phenoxy) is 2. The van der Waals surface area contributed by atoms with Gasteiger partial charge in [0.25, 0.3) is 0 Å². The number of aryl methyl sites for hydroxylation is 1. The van der Waals surface area contributed by atoms with Crippen LogP contribution in [0.2, 0.25) is 0 Å². The maximum Gasteiger partial charge on any atom is 0.342 e. The number of aromatic hydroxyl groups is 1. The summed E-state index contributed by atoms with van der Waals surface area (Å²) in [6.07, 6.45) is 0.323. The summed E-state index contributed by atoms with van der Waals surface area (Å²) in [6, 6.07) is 19.7. The van der Waals surface area contributed by atoms with Gasteiger partial charge in [0.15, 0.2) is 5.75 Å². The van der Waals surface area contributed by atoms with Gasteiger partial charge in [-0.05, 0) is 18.1 Å². The molecule has 0 saturated heterocycles. The molecule has 3 rings (SSSR count). The van der Waals surface area contributed by atoms with E-state index in [1.165, 1.54) is 14.2 Å². The van der Waals surface area contributed by atoms with Crippen molar-refractivity contribution in [2.45, 2.75) is 19.3 Å². The maximum atomic E-state index is 12.6. The molecule has 2 aromatic carbocycles. The van der Waals surface area contributed by atoms with Crippen molar-refractivity contribution in [3.63, 3.8) is 0 Å². The highest BCUT2D eigenvalue weighted by Crippen LogP contribution is 2.33. The van der Waals surface area contributed by atoms with Crippen LogP contribution in [0.4, 0.5) is 0 Å². The molecular formula is C24H23NO5. The molecule has 0 spiro atoms. The zero-order chi connectivity index (χ0) is 21.7. The number of hydrogen-bond donors (Lipinski definition) is 1. The van der Waals surface area contributed by atoms with Gasteiger partial charge in [-0.15, -0.1) is 0 Å². The third kappa shape index (κ3) is 4.17. The maximum absolute atomic E-state index is 12.6. The van der Waals surface area contributed by atoms with E-state index in [1.807, 2.05) is 60.7 Å². The molecule has 1 heterocycles. The zero-order valence-electron chi connectivity index (χ0n) is 17.1. The number of esters is 2. The van der Waals surface area contributed by atoms with Crippen molar-refractivity contribution in [1.29, 1.82) is 0 Å². The van der Waals surface area contributed by atoms with E-state index in [-0.39, 0.29) is 28.5 Å². The molecule has 1 N–H and O–H groups in total. The van der Waals surface area contributed by atoms with Crippen LogP contribution >= 0.6 is 0 Å². The van der Waals surface area contributed by atoms with Crippen molar-refractivity contribution < 1.29 is 24.2 Å². The van der Waals surface area contributed by atoms with Gasteiger partial charge in [0.1, 0.15) is 5.56 Å². The van der Waals surface area contributed by atoms with Crippen molar-refractivity contribution in [3.8, 4) is 5.75 Å². The van der Waals surface area contributed by atoms with E-state index < -0.39 is 11.9 Å². The molecule has 0 unspecified atom stereocenters. The first kappa shape index (κ1) is 21.0. The van der Waals surface area contributed by atoms with Crippen LogP contribution in [0.25, 0.3) is 0 Å². The molecular weight excluding hydrogens is 382 g/mol. The third-order valence-corrected chi connectivity index (χ3v) is 5.00. The Bertz CT molecular complexity index is 1010. The summed E-state index contributed by atoms with van der Waals surface area (Å²) in [7, 11) is 2.41. The predicted octanol–water partition coefficient (Wildman–Crippen LogP) is 4.04. The lowest BCUT2D eigenvalue weighted by molar-refractivity contribution is 0.0550. The van der Waals surface area contributed by atoms with Gasteiger partial charge < -0.3 is 14.6 Å². The van der Waals surface area contributed by atoms with E-state index in [2.05, 4.69) is 4.98 Å². The summed E-state index contributed by atoms with van der Waals surface area (Å²) in [5, 5.41) is 10.4. The van der Waals surface area contributed by atoms with Crippen molar-refractivity contribution in [2.75, 3.05) is 14.2 Å². The largest absolute Gasteiger partial charge is 0.505 e. The molecule has 0 aliphatic carbocycles. The summed E-state index contributed by atoms with van der Waals surface area (Å²) in [4.78, 5) is 29.5. The number of hydrogen-bond acceptors (Lipinski definition) is 6. The molecule has 6 heteroatoms. The number of carbonyl (C=O) groups excluding carboxylic acids is 2. The average Bonchev–Trinajstić information content (AvgIpc) is 2.79. The lowest BCUT2D eigenvalue weighted by Crippen LogP contribution is -2.19. The van der Waals surface area contributed by atoms with Gasteiger partial charge in [0.2, 0.25) is 0 Å². The van der Waals surface area contributed by atoms with Crippen LogP contribution in [0.15, 0.2) is 60.7 Å². The van der Waals surface area contributed by atoms with Gasteiger partial charge in [0.05, 0.1) is 31.2 Å². The molecule has 0 atom stereocenters. The average molecular weight is 405 g/mol. The standard InChI is InChI=1S/C24H23NO5/c1-15-22(26)21(24(28)30-3)20(23(27)29-2)19(25-15)14-18(16-10-6-4-7-11-16)17-12-8-5-9-13-17/h4-13,18,26H,14H2,1-3H3. The third-order valence-electron chi connectivity index (χ3n) is 5.00. The van der Waals surface area contributed by atoms with E-state index in [0.29, 0.717) is 12.1 Å². The first-order chi connectivity index (χ1) is 14.5. The van der Waals surface area contributed by atoms with Crippen LogP contribution in [0.3, 0.4) is 0 Å². The SMILES string of the molecule is COC(=O)c1c(CC(c2ccccc2)c2ccccc2)nc(C)c(O)c1C(=O)OC. The van der Waals surface area contributed by atoms with Crippen molar-refractivity contribution in [2.24, 2.45) is 0 Å². The molecule has 0 amide bonds. The first-order valence-electron chi connectivity index (χ1n) is 9.46. The van der Waals surface area contributed by atoms with Gasteiger partial charge >= 0.3 is 11.9 Å². The highest BCUT2D eigenvalue weighted by atomic mass is 16.5. The number of nitrogens with zero attached hydrogens (tertiary/aromatic N) is 1. The molecule has 0 fully saturated rings. The molecule has 154 valence electrons. The molecule has 30 heavy (non-hydrogen) atoms. The first-order valence-corrected chi connectivity index (χ1v) is 9.46.